The second-order valence-corrected chi connectivity index (χ2v) is 6.73. The van der Waals surface area contributed by atoms with Gasteiger partial charge in [0.2, 0.25) is 0 Å². The minimum atomic E-state index is 0.697. The van der Waals surface area contributed by atoms with Crippen LogP contribution in [-0.2, 0) is 6.54 Å². The molecule has 1 saturated heterocycles. The first kappa shape index (κ1) is 16.5. The Bertz CT molecular complexity index is 422. The van der Waals surface area contributed by atoms with Crippen LogP contribution in [0.15, 0.2) is 12.1 Å². The molecule has 2 heteroatoms. The van der Waals surface area contributed by atoms with Crippen LogP contribution in [0.4, 0.5) is 0 Å². The molecule has 1 N–H and O–H groups in total. The van der Waals surface area contributed by atoms with Crippen LogP contribution in [0.25, 0.3) is 0 Å². The summed E-state index contributed by atoms with van der Waals surface area (Å²) < 4.78 is 0. The smallest absolute Gasteiger partial charge is 0.0213 e. The molecule has 21 heavy (non-hydrogen) atoms. The van der Waals surface area contributed by atoms with Crippen LogP contribution in [0.2, 0.25) is 0 Å². The highest BCUT2D eigenvalue weighted by atomic mass is 15.1. The van der Waals surface area contributed by atoms with Crippen LogP contribution >= 0.6 is 0 Å². The van der Waals surface area contributed by atoms with Gasteiger partial charge in [0.05, 0.1) is 0 Å². The second kappa shape index (κ2) is 7.95. The SMILES string of the molecule is CCCCN1CCC(NCc2c(C)cc(C)cc2C)CC1. The molecule has 0 bridgehead atoms. The van der Waals surface area contributed by atoms with Gasteiger partial charge in [0.15, 0.2) is 0 Å². The molecule has 0 aliphatic carbocycles. The maximum absolute atomic E-state index is 3.79. The molecule has 118 valence electrons. The monoisotopic (exact) mass is 288 g/mol. The second-order valence-electron chi connectivity index (χ2n) is 6.73. The van der Waals surface area contributed by atoms with E-state index in [9.17, 15) is 0 Å². The molecular weight excluding hydrogens is 256 g/mol. The van der Waals surface area contributed by atoms with Crippen molar-refractivity contribution >= 4 is 0 Å². The van der Waals surface area contributed by atoms with Gasteiger partial charge >= 0.3 is 0 Å². The van der Waals surface area contributed by atoms with E-state index in [0.29, 0.717) is 6.04 Å². The molecule has 1 aliphatic rings. The molecule has 0 aromatic heterocycles. The molecular formula is C19H32N2. The first-order chi connectivity index (χ1) is 10.1. The molecule has 0 saturated carbocycles. The fourth-order valence-electron chi connectivity index (χ4n) is 3.48. The number of rotatable bonds is 6. The maximum atomic E-state index is 3.79. The standard InChI is InChI=1S/C19H32N2/c1-5-6-9-21-10-7-18(8-11-21)20-14-19-16(3)12-15(2)13-17(19)4/h12-13,18,20H,5-11,14H2,1-4H3. The van der Waals surface area contributed by atoms with Crippen molar-refractivity contribution in [3.05, 3.63) is 34.4 Å². The van der Waals surface area contributed by atoms with Gasteiger partial charge in [0.25, 0.3) is 0 Å². The fraction of sp³-hybridized carbons (Fsp3) is 0.684. The lowest BCUT2D eigenvalue weighted by atomic mass is 9.98. The van der Waals surface area contributed by atoms with Crippen molar-refractivity contribution in [1.82, 2.24) is 10.2 Å². The Morgan fingerprint density at radius 3 is 2.29 bits per heavy atom. The number of nitrogens with zero attached hydrogens (tertiary/aromatic N) is 1. The maximum Gasteiger partial charge on any atom is 0.0213 e. The predicted octanol–water partition coefficient (Wildman–Crippen LogP) is 3.97. The summed E-state index contributed by atoms with van der Waals surface area (Å²) in [5, 5.41) is 3.79. The van der Waals surface area contributed by atoms with Crippen molar-refractivity contribution in [2.75, 3.05) is 19.6 Å². The minimum Gasteiger partial charge on any atom is -0.310 e. The quantitative estimate of drug-likeness (QED) is 0.852. The van der Waals surface area contributed by atoms with Gasteiger partial charge in [-0.3, -0.25) is 0 Å². The van der Waals surface area contributed by atoms with Crippen molar-refractivity contribution in [3.63, 3.8) is 0 Å². The molecule has 1 aliphatic heterocycles. The summed E-state index contributed by atoms with van der Waals surface area (Å²) in [5.41, 5.74) is 5.73. The molecule has 2 nitrogen and oxygen atoms in total. The van der Waals surface area contributed by atoms with E-state index in [1.54, 1.807) is 0 Å². The van der Waals surface area contributed by atoms with E-state index in [2.05, 4.69) is 50.0 Å². The largest absolute Gasteiger partial charge is 0.310 e. The normalized spacial score (nSPS) is 17.3. The Balaban J connectivity index is 1.80. The number of aryl methyl sites for hydroxylation is 3. The van der Waals surface area contributed by atoms with Gasteiger partial charge in [-0.15, -0.1) is 0 Å². The summed E-state index contributed by atoms with van der Waals surface area (Å²) in [6.45, 7) is 13.8. The summed E-state index contributed by atoms with van der Waals surface area (Å²) in [5.74, 6) is 0. The van der Waals surface area contributed by atoms with Gasteiger partial charge < -0.3 is 10.2 Å². The number of nitrogens with one attached hydrogen (secondary N) is 1. The van der Waals surface area contributed by atoms with Crippen LogP contribution in [0.1, 0.15) is 54.9 Å². The molecule has 2 rings (SSSR count). The predicted molar refractivity (Wildman–Crippen MR) is 91.9 cm³/mol. The molecule has 1 aromatic rings. The number of benzene rings is 1. The van der Waals surface area contributed by atoms with E-state index in [-0.39, 0.29) is 0 Å². The van der Waals surface area contributed by atoms with E-state index < -0.39 is 0 Å². The van der Waals surface area contributed by atoms with E-state index in [1.807, 2.05) is 0 Å². The lowest BCUT2D eigenvalue weighted by Gasteiger charge is -2.32. The lowest BCUT2D eigenvalue weighted by Crippen LogP contribution is -2.42. The third-order valence-electron chi connectivity index (χ3n) is 4.82. The number of likely N-dealkylation sites (tertiary alicyclic amines) is 1. The fourth-order valence-corrected chi connectivity index (χ4v) is 3.48. The van der Waals surface area contributed by atoms with Gasteiger partial charge in [0, 0.05) is 12.6 Å². The number of hydrogen-bond donors (Lipinski definition) is 1. The molecule has 0 unspecified atom stereocenters. The van der Waals surface area contributed by atoms with Crippen molar-refractivity contribution < 1.29 is 0 Å². The van der Waals surface area contributed by atoms with Crippen LogP contribution in [0.3, 0.4) is 0 Å². The highest BCUT2D eigenvalue weighted by molar-refractivity contribution is 5.37. The molecule has 0 atom stereocenters. The summed E-state index contributed by atoms with van der Waals surface area (Å²) >= 11 is 0. The topological polar surface area (TPSA) is 15.3 Å². The third kappa shape index (κ3) is 4.82. The zero-order valence-electron chi connectivity index (χ0n) is 14.3. The van der Waals surface area contributed by atoms with Crippen LogP contribution in [-0.4, -0.2) is 30.6 Å². The summed E-state index contributed by atoms with van der Waals surface area (Å²) in [6, 6.07) is 5.30. The van der Waals surface area contributed by atoms with Gasteiger partial charge in [-0.05, 0) is 76.4 Å². The van der Waals surface area contributed by atoms with Crippen molar-refractivity contribution in [3.8, 4) is 0 Å². The lowest BCUT2D eigenvalue weighted by molar-refractivity contribution is 0.195. The summed E-state index contributed by atoms with van der Waals surface area (Å²) in [4.78, 5) is 2.63. The van der Waals surface area contributed by atoms with Crippen LogP contribution < -0.4 is 5.32 Å². The Kier molecular flexibility index (Phi) is 6.25. The van der Waals surface area contributed by atoms with Crippen LogP contribution in [0, 0.1) is 20.8 Å². The Hall–Kier alpha value is -0.860. The van der Waals surface area contributed by atoms with Gasteiger partial charge in [-0.1, -0.05) is 31.0 Å². The molecule has 0 spiro atoms. The van der Waals surface area contributed by atoms with Crippen molar-refractivity contribution in [2.24, 2.45) is 0 Å². The number of unbranched alkanes of at least 4 members (excludes halogenated alkanes) is 1. The number of piperidine rings is 1. The zero-order valence-corrected chi connectivity index (χ0v) is 14.3. The molecule has 1 heterocycles. The summed E-state index contributed by atoms with van der Waals surface area (Å²) in [7, 11) is 0. The molecule has 1 fully saturated rings. The molecule has 1 aromatic carbocycles. The van der Waals surface area contributed by atoms with E-state index >= 15 is 0 Å². The van der Waals surface area contributed by atoms with Gasteiger partial charge in [-0.2, -0.15) is 0 Å². The third-order valence-corrected chi connectivity index (χ3v) is 4.82. The Morgan fingerprint density at radius 1 is 1.10 bits per heavy atom. The minimum absolute atomic E-state index is 0.697. The van der Waals surface area contributed by atoms with E-state index in [1.165, 1.54) is 67.6 Å². The van der Waals surface area contributed by atoms with E-state index in [4.69, 9.17) is 0 Å². The van der Waals surface area contributed by atoms with Crippen molar-refractivity contribution in [2.45, 2.75) is 66.0 Å². The average molecular weight is 288 g/mol. The molecule has 0 radical (unpaired) electrons. The van der Waals surface area contributed by atoms with Gasteiger partial charge in [0.1, 0.15) is 0 Å². The number of hydrogen-bond acceptors (Lipinski definition) is 2. The Labute approximate surface area is 130 Å². The Morgan fingerprint density at radius 2 is 1.71 bits per heavy atom. The van der Waals surface area contributed by atoms with Gasteiger partial charge in [-0.25, -0.2) is 0 Å². The average Bonchev–Trinajstić information content (AvgIpc) is 2.45. The summed E-state index contributed by atoms with van der Waals surface area (Å²) in [6.07, 6.45) is 5.26. The van der Waals surface area contributed by atoms with Crippen LogP contribution in [0.5, 0.6) is 0 Å². The molecule has 0 amide bonds. The highest BCUT2D eigenvalue weighted by Crippen LogP contribution is 2.18. The highest BCUT2D eigenvalue weighted by Gasteiger charge is 2.18. The first-order valence-electron chi connectivity index (χ1n) is 8.62. The first-order valence-corrected chi connectivity index (χ1v) is 8.62. The van der Waals surface area contributed by atoms with E-state index in [0.717, 1.165) is 6.54 Å². The van der Waals surface area contributed by atoms with Crippen molar-refractivity contribution in [1.29, 1.82) is 0 Å². The zero-order chi connectivity index (χ0) is 15.2.